The smallest absolute Gasteiger partial charge is 0.0992 e. The maximum absolute atomic E-state index is 9.14. The molecule has 0 spiro atoms. The van der Waals surface area contributed by atoms with Crippen LogP contribution in [0.4, 0.5) is 5.69 Å². The fourth-order valence-corrected chi connectivity index (χ4v) is 2.94. The molecule has 4 rings (SSSR count). The number of fused-ring (bicyclic) bond motifs is 2. The molecule has 0 fully saturated rings. The van der Waals surface area contributed by atoms with Crippen molar-refractivity contribution in [2.24, 2.45) is 0 Å². The Kier molecular flexibility index (Phi) is 3.57. The van der Waals surface area contributed by atoms with Crippen LogP contribution in [0, 0.1) is 11.3 Å². The minimum absolute atomic E-state index is 0.624. The Balaban J connectivity index is 1.88. The molecule has 0 bridgehead atoms. The topological polar surface area (TPSA) is 48.7 Å². The molecule has 3 heteroatoms. The van der Waals surface area contributed by atoms with Crippen LogP contribution in [0.2, 0.25) is 0 Å². The van der Waals surface area contributed by atoms with Gasteiger partial charge in [0, 0.05) is 17.3 Å². The number of rotatable bonds is 3. The number of nitrogens with one attached hydrogen (secondary N) is 1. The highest BCUT2D eigenvalue weighted by atomic mass is 14.9. The third-order valence-corrected chi connectivity index (χ3v) is 4.12. The van der Waals surface area contributed by atoms with Gasteiger partial charge in [0.1, 0.15) is 0 Å². The van der Waals surface area contributed by atoms with Gasteiger partial charge >= 0.3 is 0 Å². The average molecular weight is 309 g/mol. The molecule has 1 aromatic heterocycles. The molecule has 0 radical (unpaired) electrons. The number of para-hydroxylation sites is 1. The van der Waals surface area contributed by atoms with Crippen molar-refractivity contribution in [2.75, 3.05) is 5.32 Å². The molecule has 0 saturated carbocycles. The van der Waals surface area contributed by atoms with Gasteiger partial charge < -0.3 is 5.32 Å². The van der Waals surface area contributed by atoms with Gasteiger partial charge in [-0.15, -0.1) is 0 Å². The molecule has 4 aromatic rings. The number of nitriles is 1. The van der Waals surface area contributed by atoms with E-state index in [-0.39, 0.29) is 0 Å². The molecule has 0 aliphatic carbocycles. The number of benzene rings is 3. The zero-order valence-electron chi connectivity index (χ0n) is 13.0. The number of hydrogen-bond donors (Lipinski definition) is 1. The molecule has 1 heterocycles. The molecular formula is C21H15N3. The van der Waals surface area contributed by atoms with E-state index in [1.54, 1.807) is 0 Å². The van der Waals surface area contributed by atoms with E-state index in [9.17, 15) is 0 Å². The molecule has 0 atom stereocenters. The summed E-state index contributed by atoms with van der Waals surface area (Å²) >= 11 is 0. The van der Waals surface area contributed by atoms with Crippen molar-refractivity contribution in [3.63, 3.8) is 0 Å². The van der Waals surface area contributed by atoms with Gasteiger partial charge in [0.15, 0.2) is 0 Å². The highest BCUT2D eigenvalue weighted by Crippen LogP contribution is 2.31. The van der Waals surface area contributed by atoms with Crippen molar-refractivity contribution < 1.29 is 0 Å². The Labute approximate surface area is 140 Å². The van der Waals surface area contributed by atoms with Crippen molar-refractivity contribution in [3.05, 3.63) is 83.9 Å². The number of pyridine rings is 1. The third kappa shape index (κ3) is 2.55. The van der Waals surface area contributed by atoms with Gasteiger partial charge in [0.05, 0.1) is 28.4 Å². The van der Waals surface area contributed by atoms with E-state index in [0.717, 1.165) is 34.0 Å². The second-order valence-electron chi connectivity index (χ2n) is 5.69. The summed E-state index contributed by atoms with van der Waals surface area (Å²) in [5.41, 5.74) is 4.67. The molecule has 0 amide bonds. The first-order valence-corrected chi connectivity index (χ1v) is 7.85. The summed E-state index contributed by atoms with van der Waals surface area (Å²) in [5.74, 6) is 0. The summed E-state index contributed by atoms with van der Waals surface area (Å²) < 4.78 is 0. The van der Waals surface area contributed by atoms with Gasteiger partial charge in [0.25, 0.3) is 0 Å². The lowest BCUT2D eigenvalue weighted by Crippen LogP contribution is -2.01. The van der Waals surface area contributed by atoms with Crippen LogP contribution in [0.25, 0.3) is 21.8 Å². The zero-order chi connectivity index (χ0) is 16.4. The first-order valence-electron chi connectivity index (χ1n) is 7.85. The van der Waals surface area contributed by atoms with Crippen molar-refractivity contribution in [1.82, 2.24) is 4.98 Å². The molecule has 0 saturated heterocycles. The van der Waals surface area contributed by atoms with Gasteiger partial charge in [-0.05, 0) is 29.8 Å². The number of hydrogen-bond acceptors (Lipinski definition) is 3. The van der Waals surface area contributed by atoms with E-state index in [2.05, 4.69) is 29.6 Å². The third-order valence-electron chi connectivity index (χ3n) is 4.12. The molecule has 114 valence electrons. The van der Waals surface area contributed by atoms with E-state index >= 15 is 0 Å². The van der Waals surface area contributed by atoms with Crippen LogP contribution < -0.4 is 5.32 Å². The van der Waals surface area contributed by atoms with Crippen molar-refractivity contribution >= 4 is 27.5 Å². The normalized spacial score (nSPS) is 10.6. The van der Waals surface area contributed by atoms with Gasteiger partial charge in [0.2, 0.25) is 0 Å². The first-order chi connectivity index (χ1) is 11.8. The van der Waals surface area contributed by atoms with E-state index in [1.165, 1.54) is 5.56 Å². The quantitative estimate of drug-likeness (QED) is 0.549. The Morgan fingerprint density at radius 2 is 1.58 bits per heavy atom. The largest absolute Gasteiger partial charge is 0.380 e. The lowest BCUT2D eigenvalue weighted by molar-refractivity contribution is 1.16. The van der Waals surface area contributed by atoms with Crippen LogP contribution in [0.1, 0.15) is 11.1 Å². The molecule has 0 aliphatic rings. The highest BCUT2D eigenvalue weighted by Gasteiger charge is 2.09. The molecule has 0 aliphatic heterocycles. The number of nitrogens with zero attached hydrogens (tertiary/aromatic N) is 2. The van der Waals surface area contributed by atoms with Crippen LogP contribution in [0.5, 0.6) is 0 Å². The van der Waals surface area contributed by atoms with E-state index in [0.29, 0.717) is 5.56 Å². The predicted octanol–water partition coefficient (Wildman–Crippen LogP) is 4.87. The Morgan fingerprint density at radius 1 is 0.833 bits per heavy atom. The fraction of sp³-hybridized carbons (Fsp3) is 0.0476. The molecule has 3 nitrogen and oxygen atoms in total. The van der Waals surface area contributed by atoms with Crippen LogP contribution in [-0.2, 0) is 6.54 Å². The monoisotopic (exact) mass is 309 g/mol. The van der Waals surface area contributed by atoms with Crippen LogP contribution in [0.15, 0.2) is 72.8 Å². The first kappa shape index (κ1) is 14.2. The lowest BCUT2D eigenvalue weighted by atomic mass is 10.1. The second kappa shape index (κ2) is 6.02. The molecule has 1 N–H and O–H groups in total. The summed E-state index contributed by atoms with van der Waals surface area (Å²) in [5, 5.41) is 14.8. The molecular weight excluding hydrogens is 294 g/mol. The van der Waals surface area contributed by atoms with Crippen LogP contribution in [-0.4, -0.2) is 4.98 Å². The van der Waals surface area contributed by atoms with Crippen LogP contribution in [0.3, 0.4) is 0 Å². The zero-order valence-corrected chi connectivity index (χ0v) is 13.0. The van der Waals surface area contributed by atoms with E-state index < -0.39 is 0 Å². The fourth-order valence-electron chi connectivity index (χ4n) is 2.94. The summed E-state index contributed by atoms with van der Waals surface area (Å²) in [4.78, 5) is 4.71. The maximum atomic E-state index is 9.14. The second-order valence-corrected chi connectivity index (χ2v) is 5.69. The van der Waals surface area contributed by atoms with Gasteiger partial charge in [-0.2, -0.15) is 5.26 Å². The van der Waals surface area contributed by atoms with Gasteiger partial charge in [-0.3, -0.25) is 0 Å². The van der Waals surface area contributed by atoms with Gasteiger partial charge in [-0.1, -0.05) is 48.5 Å². The Hall–Kier alpha value is -3.38. The van der Waals surface area contributed by atoms with Crippen molar-refractivity contribution in [2.45, 2.75) is 6.54 Å². The highest BCUT2D eigenvalue weighted by molar-refractivity contribution is 6.07. The summed E-state index contributed by atoms with van der Waals surface area (Å²) in [6, 6.07) is 26.2. The molecule has 3 aromatic carbocycles. The molecule has 0 unspecified atom stereocenters. The summed E-state index contributed by atoms with van der Waals surface area (Å²) in [6.07, 6.45) is 0. The van der Waals surface area contributed by atoms with Gasteiger partial charge in [-0.25, -0.2) is 4.98 Å². The van der Waals surface area contributed by atoms with Crippen LogP contribution >= 0.6 is 0 Å². The van der Waals surface area contributed by atoms with E-state index in [1.807, 2.05) is 54.6 Å². The van der Waals surface area contributed by atoms with Crippen molar-refractivity contribution in [1.29, 1.82) is 5.26 Å². The number of aromatic nitrogens is 1. The predicted molar refractivity (Wildman–Crippen MR) is 97.7 cm³/mol. The maximum Gasteiger partial charge on any atom is 0.0992 e. The Morgan fingerprint density at radius 3 is 2.42 bits per heavy atom. The Bertz CT molecular complexity index is 1060. The van der Waals surface area contributed by atoms with E-state index in [4.69, 9.17) is 10.2 Å². The minimum Gasteiger partial charge on any atom is -0.380 e. The molecule has 24 heavy (non-hydrogen) atoms. The summed E-state index contributed by atoms with van der Waals surface area (Å²) in [7, 11) is 0. The van der Waals surface area contributed by atoms with Crippen molar-refractivity contribution in [3.8, 4) is 6.07 Å². The minimum atomic E-state index is 0.624. The number of anilines is 1. The SMILES string of the molecule is N#Cc1ccc2c(NCc3ccccc3)c3ccccc3nc2c1. The lowest BCUT2D eigenvalue weighted by Gasteiger charge is -2.13. The average Bonchev–Trinajstić information content (AvgIpc) is 2.65. The standard InChI is InChI=1S/C21H15N3/c22-13-16-10-11-18-20(12-16)24-19-9-5-4-8-17(19)21(18)23-14-15-6-2-1-3-7-15/h1-12H,14H2,(H,23,24). The summed E-state index contributed by atoms with van der Waals surface area (Å²) in [6.45, 7) is 0.740.